The molecule has 4 nitrogen and oxygen atoms in total. The summed E-state index contributed by atoms with van der Waals surface area (Å²) in [6.45, 7) is 0.262. The minimum atomic E-state index is -0.183. The molecule has 110 valence electrons. The van der Waals surface area contributed by atoms with E-state index in [0.29, 0.717) is 15.8 Å². The molecule has 0 radical (unpaired) electrons. The highest BCUT2D eigenvalue weighted by atomic mass is 35.5. The maximum Gasteiger partial charge on any atom is 0.246 e. The van der Waals surface area contributed by atoms with Crippen LogP contribution >= 0.6 is 23.2 Å². The predicted octanol–water partition coefficient (Wildman–Crippen LogP) is 3.75. The van der Waals surface area contributed by atoms with Gasteiger partial charge in [-0.05, 0) is 25.0 Å². The summed E-state index contributed by atoms with van der Waals surface area (Å²) in [5.74, 6) is 0.404. The molecule has 20 heavy (non-hydrogen) atoms. The number of carbonyl (C=O) groups is 1. The second kappa shape index (κ2) is 7.72. The van der Waals surface area contributed by atoms with Crippen LogP contribution in [0.1, 0.15) is 32.1 Å². The standard InChI is InChI=1S/C14H17Cl2NO3/c15-12-6-5-11(9-13(12)16)19-8-7-14(18)17-20-10-3-1-2-4-10/h5-6,9-10H,1-4,7-8H2,(H,17,18). The first-order valence-corrected chi connectivity index (χ1v) is 7.43. The lowest BCUT2D eigenvalue weighted by Gasteiger charge is -2.11. The van der Waals surface area contributed by atoms with Crippen LogP contribution in [0.15, 0.2) is 18.2 Å². The summed E-state index contributed by atoms with van der Waals surface area (Å²) < 4.78 is 5.42. The second-order valence-corrected chi connectivity index (χ2v) is 5.54. The molecule has 1 aromatic carbocycles. The molecular formula is C14H17Cl2NO3. The quantitative estimate of drug-likeness (QED) is 0.813. The number of nitrogens with one attached hydrogen (secondary N) is 1. The molecule has 2 rings (SSSR count). The Bertz CT molecular complexity index is 462. The molecule has 0 bridgehead atoms. The van der Waals surface area contributed by atoms with Gasteiger partial charge in [-0.1, -0.05) is 36.0 Å². The van der Waals surface area contributed by atoms with Crippen molar-refractivity contribution >= 4 is 29.1 Å². The van der Waals surface area contributed by atoms with Crippen LogP contribution in [0.25, 0.3) is 0 Å². The molecule has 0 heterocycles. The van der Waals surface area contributed by atoms with Gasteiger partial charge in [0.15, 0.2) is 0 Å². The normalized spacial score (nSPS) is 15.3. The van der Waals surface area contributed by atoms with Crippen LogP contribution in [-0.2, 0) is 9.63 Å². The molecule has 0 aromatic heterocycles. The van der Waals surface area contributed by atoms with Crippen LogP contribution in [0.4, 0.5) is 0 Å². The molecule has 1 saturated carbocycles. The van der Waals surface area contributed by atoms with E-state index in [4.69, 9.17) is 32.8 Å². The Kier molecular flexibility index (Phi) is 5.95. The molecular weight excluding hydrogens is 301 g/mol. The van der Waals surface area contributed by atoms with Gasteiger partial charge >= 0.3 is 0 Å². The van der Waals surface area contributed by atoms with Crippen molar-refractivity contribution in [1.82, 2.24) is 5.48 Å². The Labute approximate surface area is 128 Å². The van der Waals surface area contributed by atoms with Crippen molar-refractivity contribution in [1.29, 1.82) is 0 Å². The second-order valence-electron chi connectivity index (χ2n) is 4.72. The van der Waals surface area contributed by atoms with E-state index >= 15 is 0 Å². The summed E-state index contributed by atoms with van der Waals surface area (Å²) in [5, 5.41) is 0.903. The molecule has 0 unspecified atom stereocenters. The topological polar surface area (TPSA) is 47.6 Å². The van der Waals surface area contributed by atoms with Gasteiger partial charge in [-0.25, -0.2) is 5.48 Å². The number of amides is 1. The lowest BCUT2D eigenvalue weighted by atomic mass is 10.3. The third kappa shape index (κ3) is 4.85. The monoisotopic (exact) mass is 317 g/mol. The van der Waals surface area contributed by atoms with Gasteiger partial charge in [-0.2, -0.15) is 0 Å². The zero-order valence-corrected chi connectivity index (χ0v) is 12.5. The van der Waals surface area contributed by atoms with Crippen molar-refractivity contribution in [2.45, 2.75) is 38.2 Å². The van der Waals surface area contributed by atoms with Gasteiger partial charge in [0.1, 0.15) is 5.75 Å². The zero-order valence-electron chi connectivity index (χ0n) is 11.0. The highest BCUT2D eigenvalue weighted by Crippen LogP contribution is 2.26. The van der Waals surface area contributed by atoms with Crippen LogP contribution in [-0.4, -0.2) is 18.6 Å². The molecule has 1 fully saturated rings. The minimum absolute atomic E-state index is 0.162. The maximum absolute atomic E-state index is 11.5. The highest BCUT2D eigenvalue weighted by Gasteiger charge is 2.16. The molecule has 0 atom stereocenters. The van der Waals surface area contributed by atoms with Crippen LogP contribution in [0.3, 0.4) is 0 Å². The summed E-state index contributed by atoms with van der Waals surface area (Å²) in [4.78, 5) is 16.9. The molecule has 6 heteroatoms. The van der Waals surface area contributed by atoms with Crippen molar-refractivity contribution in [3.8, 4) is 5.75 Å². The van der Waals surface area contributed by atoms with E-state index in [-0.39, 0.29) is 25.0 Å². The third-order valence-electron chi connectivity index (χ3n) is 3.13. The Balaban J connectivity index is 1.64. The van der Waals surface area contributed by atoms with E-state index < -0.39 is 0 Å². The van der Waals surface area contributed by atoms with Crippen molar-refractivity contribution in [2.75, 3.05) is 6.61 Å². The van der Waals surface area contributed by atoms with E-state index in [9.17, 15) is 4.79 Å². The van der Waals surface area contributed by atoms with Crippen LogP contribution in [0, 0.1) is 0 Å². The highest BCUT2D eigenvalue weighted by molar-refractivity contribution is 6.42. The molecule has 1 aromatic rings. The fraction of sp³-hybridized carbons (Fsp3) is 0.500. The Morgan fingerprint density at radius 2 is 2.00 bits per heavy atom. The predicted molar refractivity (Wildman–Crippen MR) is 78.1 cm³/mol. The van der Waals surface area contributed by atoms with Gasteiger partial charge in [-0.15, -0.1) is 0 Å². The molecule has 1 N–H and O–H groups in total. The Morgan fingerprint density at radius 3 is 2.70 bits per heavy atom. The van der Waals surface area contributed by atoms with Crippen LogP contribution < -0.4 is 10.2 Å². The van der Waals surface area contributed by atoms with Crippen molar-refractivity contribution in [3.05, 3.63) is 28.2 Å². The Morgan fingerprint density at radius 1 is 1.25 bits per heavy atom. The summed E-state index contributed by atoms with van der Waals surface area (Å²) >= 11 is 11.7. The van der Waals surface area contributed by atoms with Crippen molar-refractivity contribution in [3.63, 3.8) is 0 Å². The molecule has 1 aliphatic rings. The van der Waals surface area contributed by atoms with E-state index in [2.05, 4.69) is 5.48 Å². The number of hydrogen-bond acceptors (Lipinski definition) is 3. The first-order chi connectivity index (χ1) is 9.65. The fourth-order valence-corrected chi connectivity index (χ4v) is 2.32. The third-order valence-corrected chi connectivity index (χ3v) is 3.87. The average molecular weight is 318 g/mol. The maximum atomic E-state index is 11.5. The van der Waals surface area contributed by atoms with Gasteiger partial charge < -0.3 is 4.74 Å². The number of halogens is 2. The molecule has 0 saturated heterocycles. The molecule has 1 aliphatic carbocycles. The lowest BCUT2D eigenvalue weighted by Crippen LogP contribution is -2.29. The summed E-state index contributed by atoms with van der Waals surface area (Å²) in [7, 11) is 0. The number of hydroxylamine groups is 1. The molecule has 0 spiro atoms. The van der Waals surface area contributed by atoms with Crippen LogP contribution in [0.2, 0.25) is 10.0 Å². The first kappa shape index (κ1) is 15.4. The summed E-state index contributed by atoms with van der Waals surface area (Å²) in [6.07, 6.45) is 4.75. The van der Waals surface area contributed by atoms with Gasteiger partial charge in [0, 0.05) is 6.07 Å². The van der Waals surface area contributed by atoms with Crippen LogP contribution in [0.5, 0.6) is 5.75 Å². The summed E-state index contributed by atoms with van der Waals surface area (Å²) in [6, 6.07) is 4.99. The fourth-order valence-electron chi connectivity index (χ4n) is 2.03. The lowest BCUT2D eigenvalue weighted by molar-refractivity contribution is -0.138. The smallest absolute Gasteiger partial charge is 0.246 e. The zero-order chi connectivity index (χ0) is 14.4. The minimum Gasteiger partial charge on any atom is -0.493 e. The van der Waals surface area contributed by atoms with Gasteiger partial charge in [0.2, 0.25) is 5.91 Å². The van der Waals surface area contributed by atoms with E-state index in [1.807, 2.05) is 0 Å². The number of ether oxygens (including phenoxy) is 1. The van der Waals surface area contributed by atoms with Gasteiger partial charge in [0.05, 0.1) is 29.2 Å². The van der Waals surface area contributed by atoms with Gasteiger partial charge in [0.25, 0.3) is 0 Å². The molecule has 0 aliphatic heterocycles. The van der Waals surface area contributed by atoms with Gasteiger partial charge in [-0.3, -0.25) is 9.63 Å². The summed E-state index contributed by atoms with van der Waals surface area (Å²) in [5.41, 5.74) is 2.47. The first-order valence-electron chi connectivity index (χ1n) is 6.67. The van der Waals surface area contributed by atoms with Crippen molar-refractivity contribution < 1.29 is 14.4 Å². The molecule has 1 amide bonds. The van der Waals surface area contributed by atoms with Crippen molar-refractivity contribution in [2.24, 2.45) is 0 Å². The van der Waals surface area contributed by atoms with E-state index in [0.717, 1.165) is 12.8 Å². The van der Waals surface area contributed by atoms with E-state index in [1.165, 1.54) is 12.8 Å². The SMILES string of the molecule is O=C(CCOc1ccc(Cl)c(Cl)c1)NOC1CCCC1. The number of hydrogen-bond donors (Lipinski definition) is 1. The number of benzene rings is 1. The van der Waals surface area contributed by atoms with E-state index in [1.54, 1.807) is 18.2 Å². The number of carbonyl (C=O) groups excluding carboxylic acids is 1. The largest absolute Gasteiger partial charge is 0.493 e. The average Bonchev–Trinajstić information content (AvgIpc) is 2.94. The number of rotatable bonds is 6. The Hall–Kier alpha value is -0.970.